The van der Waals surface area contributed by atoms with E-state index in [9.17, 15) is 9.59 Å². The minimum atomic E-state index is -0.661. The molecule has 6 heteroatoms. The van der Waals surface area contributed by atoms with Crippen LogP contribution in [0.25, 0.3) is 0 Å². The number of nitrogens with zero attached hydrogens (tertiary/aromatic N) is 1. The van der Waals surface area contributed by atoms with Crippen LogP contribution in [0.4, 0.5) is 0 Å². The number of amides is 2. The predicted molar refractivity (Wildman–Crippen MR) is 132 cm³/mol. The summed E-state index contributed by atoms with van der Waals surface area (Å²) in [4.78, 5) is 27.6. The van der Waals surface area contributed by atoms with Gasteiger partial charge in [0.05, 0.1) is 7.11 Å². The zero-order valence-electron chi connectivity index (χ0n) is 21.2. The molecule has 2 aromatic rings. The molecule has 6 nitrogen and oxygen atoms in total. The summed E-state index contributed by atoms with van der Waals surface area (Å²) in [6, 6.07) is 14.6. The zero-order valence-corrected chi connectivity index (χ0v) is 21.2. The van der Waals surface area contributed by atoms with Gasteiger partial charge in [0.2, 0.25) is 5.91 Å². The highest BCUT2D eigenvalue weighted by Gasteiger charge is 2.28. The number of rotatable bonds is 8. The van der Waals surface area contributed by atoms with E-state index in [1.807, 2.05) is 69.3 Å². The number of methoxy groups -OCH3 is 1. The number of hydrogen-bond donors (Lipinski definition) is 1. The first-order valence-electron chi connectivity index (χ1n) is 11.3. The van der Waals surface area contributed by atoms with E-state index >= 15 is 0 Å². The molecule has 2 aromatic carbocycles. The standard InChI is InChI=1S/C27H38N2O4/c1-19(25(31)28-27(5,6)7)29(17-20-9-13-22(32-8)14-10-20)24(30)18-33-23-15-11-21(12-16-23)26(2,3)4/h9-16,19H,17-18H2,1-8H3,(H,28,31)/t19-/m0/s1. The Morgan fingerprint density at radius 2 is 1.45 bits per heavy atom. The Labute approximate surface area is 198 Å². The van der Waals surface area contributed by atoms with Crippen LogP contribution in [0.3, 0.4) is 0 Å². The van der Waals surface area contributed by atoms with Crippen molar-refractivity contribution in [2.24, 2.45) is 0 Å². The van der Waals surface area contributed by atoms with E-state index in [-0.39, 0.29) is 30.4 Å². The molecule has 33 heavy (non-hydrogen) atoms. The van der Waals surface area contributed by atoms with Gasteiger partial charge in [0.1, 0.15) is 17.5 Å². The van der Waals surface area contributed by atoms with Gasteiger partial charge < -0.3 is 19.7 Å². The Hall–Kier alpha value is -3.02. The fraction of sp³-hybridized carbons (Fsp3) is 0.481. The number of nitrogens with one attached hydrogen (secondary N) is 1. The first-order chi connectivity index (χ1) is 15.3. The van der Waals surface area contributed by atoms with Crippen LogP contribution >= 0.6 is 0 Å². The van der Waals surface area contributed by atoms with Crippen LogP contribution in [-0.4, -0.2) is 42.0 Å². The van der Waals surface area contributed by atoms with Gasteiger partial charge in [0.25, 0.3) is 5.91 Å². The third-order valence-corrected chi connectivity index (χ3v) is 5.26. The van der Waals surface area contributed by atoms with Gasteiger partial charge in [0, 0.05) is 12.1 Å². The number of carbonyl (C=O) groups excluding carboxylic acids is 2. The van der Waals surface area contributed by atoms with Gasteiger partial charge in [0.15, 0.2) is 6.61 Å². The third kappa shape index (κ3) is 8.12. The van der Waals surface area contributed by atoms with Gasteiger partial charge in [-0.2, -0.15) is 0 Å². The molecule has 1 atom stereocenters. The molecule has 0 fully saturated rings. The highest BCUT2D eigenvalue weighted by atomic mass is 16.5. The summed E-state index contributed by atoms with van der Waals surface area (Å²) in [5, 5.41) is 2.96. The molecule has 0 aliphatic heterocycles. The molecule has 2 rings (SSSR count). The topological polar surface area (TPSA) is 67.9 Å². The Balaban J connectivity index is 2.16. The highest BCUT2D eigenvalue weighted by molar-refractivity contribution is 5.88. The number of benzene rings is 2. The minimum Gasteiger partial charge on any atom is -0.497 e. The molecular weight excluding hydrogens is 416 g/mol. The van der Waals surface area contributed by atoms with Crippen molar-refractivity contribution < 1.29 is 19.1 Å². The van der Waals surface area contributed by atoms with Crippen LogP contribution in [0.15, 0.2) is 48.5 Å². The van der Waals surface area contributed by atoms with E-state index in [1.54, 1.807) is 18.9 Å². The monoisotopic (exact) mass is 454 g/mol. The molecule has 0 saturated heterocycles. The molecule has 0 unspecified atom stereocenters. The zero-order chi connectivity index (χ0) is 24.8. The Bertz CT molecular complexity index is 923. The summed E-state index contributed by atoms with van der Waals surface area (Å²) >= 11 is 0. The first kappa shape index (κ1) is 26.2. The van der Waals surface area contributed by atoms with Crippen molar-refractivity contribution in [1.29, 1.82) is 0 Å². The molecule has 0 saturated carbocycles. The minimum absolute atomic E-state index is 0.0410. The van der Waals surface area contributed by atoms with Crippen LogP contribution in [0, 0.1) is 0 Å². The van der Waals surface area contributed by atoms with Gasteiger partial charge in [-0.3, -0.25) is 9.59 Å². The van der Waals surface area contributed by atoms with Gasteiger partial charge in [-0.15, -0.1) is 0 Å². The molecule has 0 aliphatic rings. The molecule has 0 bridgehead atoms. The van der Waals surface area contributed by atoms with Crippen molar-refractivity contribution in [1.82, 2.24) is 10.2 Å². The summed E-state index contributed by atoms with van der Waals surface area (Å²) in [5.74, 6) is 0.880. The average Bonchev–Trinajstić information content (AvgIpc) is 2.74. The second-order valence-corrected chi connectivity index (χ2v) is 10.3. The van der Waals surface area contributed by atoms with Crippen LogP contribution in [0.5, 0.6) is 11.5 Å². The normalized spacial score (nSPS) is 12.6. The van der Waals surface area contributed by atoms with Crippen molar-refractivity contribution in [2.45, 2.75) is 72.0 Å². The Morgan fingerprint density at radius 1 is 0.909 bits per heavy atom. The van der Waals surface area contributed by atoms with E-state index in [1.165, 1.54) is 5.56 Å². The SMILES string of the molecule is COc1ccc(CN(C(=O)COc2ccc(C(C)(C)C)cc2)[C@@H](C)C(=O)NC(C)(C)C)cc1. The average molecular weight is 455 g/mol. The maximum Gasteiger partial charge on any atom is 0.261 e. The van der Waals surface area contributed by atoms with Gasteiger partial charge in [-0.1, -0.05) is 45.0 Å². The lowest BCUT2D eigenvalue weighted by Gasteiger charge is -2.31. The predicted octanol–water partition coefficient (Wildman–Crippen LogP) is 4.70. The molecule has 0 spiro atoms. The van der Waals surface area contributed by atoms with Crippen molar-refractivity contribution in [2.75, 3.05) is 13.7 Å². The Morgan fingerprint density at radius 3 is 1.94 bits per heavy atom. The smallest absolute Gasteiger partial charge is 0.261 e. The molecule has 0 heterocycles. The molecule has 2 amide bonds. The van der Waals surface area contributed by atoms with Crippen molar-refractivity contribution in [3.8, 4) is 11.5 Å². The lowest BCUT2D eigenvalue weighted by atomic mass is 9.87. The second kappa shape index (κ2) is 10.7. The van der Waals surface area contributed by atoms with Crippen molar-refractivity contribution in [3.05, 3.63) is 59.7 Å². The van der Waals surface area contributed by atoms with Gasteiger partial charge >= 0.3 is 0 Å². The van der Waals surface area contributed by atoms with Crippen molar-refractivity contribution in [3.63, 3.8) is 0 Å². The van der Waals surface area contributed by atoms with Gasteiger partial charge in [-0.25, -0.2) is 0 Å². The molecular formula is C27H38N2O4. The van der Waals surface area contributed by atoms with Crippen LogP contribution in [-0.2, 0) is 21.5 Å². The third-order valence-electron chi connectivity index (χ3n) is 5.26. The van der Waals surface area contributed by atoms with E-state index in [0.717, 1.165) is 11.3 Å². The summed E-state index contributed by atoms with van der Waals surface area (Å²) < 4.78 is 11.0. The van der Waals surface area contributed by atoms with E-state index < -0.39 is 11.6 Å². The lowest BCUT2D eigenvalue weighted by molar-refractivity contribution is -0.142. The number of carbonyl (C=O) groups is 2. The maximum atomic E-state index is 13.2. The van der Waals surface area contributed by atoms with Crippen LogP contribution in [0.1, 0.15) is 59.6 Å². The molecule has 0 aliphatic carbocycles. The van der Waals surface area contributed by atoms with E-state index in [2.05, 4.69) is 26.1 Å². The molecule has 180 valence electrons. The van der Waals surface area contributed by atoms with E-state index in [0.29, 0.717) is 5.75 Å². The van der Waals surface area contributed by atoms with Crippen molar-refractivity contribution >= 4 is 11.8 Å². The molecule has 1 N–H and O–H groups in total. The lowest BCUT2D eigenvalue weighted by Crippen LogP contribution is -2.53. The fourth-order valence-corrected chi connectivity index (χ4v) is 3.26. The number of hydrogen-bond acceptors (Lipinski definition) is 4. The highest BCUT2D eigenvalue weighted by Crippen LogP contribution is 2.24. The maximum absolute atomic E-state index is 13.2. The summed E-state index contributed by atoms with van der Waals surface area (Å²) in [6.07, 6.45) is 0. The quantitative estimate of drug-likeness (QED) is 0.628. The summed E-state index contributed by atoms with van der Waals surface area (Å²) in [5.41, 5.74) is 1.73. The van der Waals surface area contributed by atoms with Gasteiger partial charge in [-0.05, 0) is 68.5 Å². The molecule has 0 radical (unpaired) electrons. The summed E-state index contributed by atoms with van der Waals surface area (Å²) in [6.45, 7) is 14.0. The van der Waals surface area contributed by atoms with Crippen LogP contribution in [0.2, 0.25) is 0 Å². The molecule has 0 aromatic heterocycles. The second-order valence-electron chi connectivity index (χ2n) is 10.3. The van der Waals surface area contributed by atoms with Crippen LogP contribution < -0.4 is 14.8 Å². The Kier molecular flexibility index (Phi) is 8.53. The first-order valence-corrected chi connectivity index (χ1v) is 11.3. The fourth-order valence-electron chi connectivity index (χ4n) is 3.26. The summed E-state index contributed by atoms with van der Waals surface area (Å²) in [7, 11) is 1.61. The largest absolute Gasteiger partial charge is 0.497 e. The van der Waals surface area contributed by atoms with E-state index in [4.69, 9.17) is 9.47 Å². The number of ether oxygens (including phenoxy) is 2.